The Hall–Kier alpha value is -2.81. The van der Waals surface area contributed by atoms with Gasteiger partial charge in [-0.05, 0) is 50.9 Å². The number of aromatic amines is 1. The van der Waals surface area contributed by atoms with Crippen molar-refractivity contribution in [1.29, 1.82) is 0 Å². The molecule has 0 radical (unpaired) electrons. The molecule has 31 heavy (non-hydrogen) atoms. The molecule has 2 aliphatic rings. The zero-order valence-corrected chi connectivity index (χ0v) is 17.8. The van der Waals surface area contributed by atoms with Gasteiger partial charge in [-0.25, -0.2) is 14.4 Å². The fourth-order valence-electron chi connectivity index (χ4n) is 4.38. The predicted octanol–water partition coefficient (Wildman–Crippen LogP) is 3.20. The lowest BCUT2D eigenvalue weighted by atomic mass is 9.91. The van der Waals surface area contributed by atoms with Crippen LogP contribution in [-0.4, -0.2) is 42.0 Å². The van der Waals surface area contributed by atoms with E-state index in [-0.39, 0.29) is 0 Å². The van der Waals surface area contributed by atoms with Gasteiger partial charge in [0.05, 0.1) is 18.6 Å². The van der Waals surface area contributed by atoms with E-state index in [0.29, 0.717) is 29.6 Å². The van der Waals surface area contributed by atoms with Gasteiger partial charge in [-0.15, -0.1) is 0 Å². The second-order valence-corrected chi connectivity index (χ2v) is 8.85. The average Bonchev–Trinajstić information content (AvgIpc) is 3.31. The maximum absolute atomic E-state index is 14.6. The fourth-order valence-corrected chi connectivity index (χ4v) is 4.38. The van der Waals surface area contributed by atoms with Crippen LogP contribution >= 0.6 is 0 Å². The van der Waals surface area contributed by atoms with Crippen molar-refractivity contribution in [1.82, 2.24) is 35.3 Å². The summed E-state index contributed by atoms with van der Waals surface area (Å²) < 4.78 is 16.5. The van der Waals surface area contributed by atoms with Gasteiger partial charge in [-0.3, -0.25) is 9.78 Å². The van der Waals surface area contributed by atoms with Crippen molar-refractivity contribution >= 4 is 5.95 Å². The Labute approximate surface area is 181 Å². The Kier molecular flexibility index (Phi) is 5.67. The van der Waals surface area contributed by atoms with Crippen molar-refractivity contribution in [3.63, 3.8) is 0 Å². The van der Waals surface area contributed by atoms with Crippen LogP contribution in [0.4, 0.5) is 10.3 Å². The van der Waals surface area contributed by atoms with Gasteiger partial charge in [-0.2, -0.15) is 10.2 Å². The Morgan fingerprint density at radius 2 is 1.90 bits per heavy atom. The summed E-state index contributed by atoms with van der Waals surface area (Å²) in [5.41, 5.74) is 3.35. The van der Waals surface area contributed by atoms with Crippen molar-refractivity contribution in [2.24, 2.45) is 13.0 Å². The van der Waals surface area contributed by atoms with Crippen molar-refractivity contribution in [2.45, 2.75) is 63.6 Å². The van der Waals surface area contributed by atoms with Gasteiger partial charge in [0.1, 0.15) is 5.69 Å². The number of nitrogens with one attached hydrogen (secondary N) is 3. The third kappa shape index (κ3) is 4.76. The summed E-state index contributed by atoms with van der Waals surface area (Å²) in [4.78, 5) is 8.76. The highest BCUT2D eigenvalue weighted by molar-refractivity contribution is 5.63. The molecule has 0 bridgehead atoms. The first kappa shape index (κ1) is 20.1. The van der Waals surface area contributed by atoms with Crippen LogP contribution in [0.1, 0.15) is 49.8 Å². The molecule has 0 aromatic carbocycles. The number of anilines is 1. The molecule has 0 atom stereocenters. The van der Waals surface area contributed by atoms with Gasteiger partial charge < -0.3 is 10.6 Å². The molecule has 9 heteroatoms. The Morgan fingerprint density at radius 3 is 2.65 bits per heavy atom. The van der Waals surface area contributed by atoms with E-state index in [1.807, 2.05) is 24.1 Å². The van der Waals surface area contributed by atoms with Crippen LogP contribution in [0.25, 0.3) is 11.3 Å². The molecule has 164 valence electrons. The highest BCUT2D eigenvalue weighted by atomic mass is 19.1. The molecule has 0 aliphatic heterocycles. The molecule has 5 rings (SSSR count). The average molecular weight is 425 g/mol. The third-order valence-corrected chi connectivity index (χ3v) is 6.45. The molecule has 3 heterocycles. The van der Waals surface area contributed by atoms with Crippen LogP contribution in [0.5, 0.6) is 0 Å². The van der Waals surface area contributed by atoms with Crippen molar-refractivity contribution in [3.8, 4) is 11.3 Å². The molecule has 2 fully saturated rings. The lowest BCUT2D eigenvalue weighted by molar-refractivity contribution is 0.352. The van der Waals surface area contributed by atoms with Gasteiger partial charge in [0.15, 0.2) is 5.82 Å². The van der Waals surface area contributed by atoms with Crippen molar-refractivity contribution < 1.29 is 4.39 Å². The fraction of sp³-hybridized carbons (Fsp3) is 0.545. The second-order valence-electron chi connectivity index (χ2n) is 8.85. The molecule has 3 aromatic heterocycles. The molecule has 3 aromatic rings. The van der Waals surface area contributed by atoms with Crippen LogP contribution in [0.15, 0.2) is 24.8 Å². The van der Waals surface area contributed by atoms with Gasteiger partial charge >= 0.3 is 0 Å². The zero-order valence-electron chi connectivity index (χ0n) is 17.8. The largest absolute Gasteiger partial charge is 0.351 e. The smallest absolute Gasteiger partial charge is 0.223 e. The number of rotatable bonds is 8. The molecule has 3 N–H and O–H groups in total. The first-order valence-electron chi connectivity index (χ1n) is 11.2. The summed E-state index contributed by atoms with van der Waals surface area (Å²) >= 11 is 0. The Morgan fingerprint density at radius 1 is 1.10 bits per heavy atom. The van der Waals surface area contributed by atoms with Crippen molar-refractivity contribution in [3.05, 3.63) is 41.9 Å². The lowest BCUT2D eigenvalue weighted by Crippen LogP contribution is -2.36. The monoisotopic (exact) mass is 424 g/mol. The number of nitrogens with zero attached hydrogens (tertiary/aromatic N) is 5. The number of hydrogen-bond donors (Lipinski definition) is 3. The third-order valence-electron chi connectivity index (χ3n) is 6.45. The summed E-state index contributed by atoms with van der Waals surface area (Å²) in [5, 5.41) is 18.2. The molecular formula is C22H29FN8. The summed E-state index contributed by atoms with van der Waals surface area (Å²) in [6.07, 6.45) is 14.4. The highest BCUT2D eigenvalue weighted by Crippen LogP contribution is 2.36. The number of aryl methyl sites for hydroxylation is 1. The van der Waals surface area contributed by atoms with Crippen molar-refractivity contribution in [2.75, 3.05) is 5.32 Å². The summed E-state index contributed by atoms with van der Waals surface area (Å²) in [6.45, 7) is 0.831. The van der Waals surface area contributed by atoms with Crippen LogP contribution in [0.2, 0.25) is 0 Å². The second kappa shape index (κ2) is 8.74. The standard InChI is InChI=1S/C22H29FN8/c1-31-20(8-14-2-3-14)18(12-28-31)21-19(23)13-25-22(30-21)29-17-6-4-16(5-7-17)24-9-15-10-26-27-11-15/h10-14,16-17,24H,2-9H2,1H3,(H,26,27)(H,25,29,30). The maximum atomic E-state index is 14.6. The molecule has 2 saturated carbocycles. The van der Waals surface area contributed by atoms with Gasteiger partial charge in [0.2, 0.25) is 5.95 Å². The molecule has 0 amide bonds. The minimum absolute atomic E-state index is 0.296. The number of aromatic nitrogens is 6. The zero-order chi connectivity index (χ0) is 21.2. The Balaban J connectivity index is 1.21. The van der Waals surface area contributed by atoms with Gasteiger partial charge in [-0.1, -0.05) is 0 Å². The quantitative estimate of drug-likeness (QED) is 0.514. The molecule has 0 unspecified atom stereocenters. The SMILES string of the molecule is Cn1ncc(-c2nc(NC3CCC(NCc4cn[nH]c4)CC3)ncc2F)c1CC1CC1. The van der Waals surface area contributed by atoms with Gasteiger partial charge in [0.25, 0.3) is 0 Å². The Bertz CT molecular complexity index is 1000. The van der Waals surface area contributed by atoms with E-state index in [1.54, 1.807) is 6.20 Å². The first-order chi connectivity index (χ1) is 15.2. The lowest BCUT2D eigenvalue weighted by Gasteiger charge is -2.29. The van der Waals surface area contributed by atoms with Crippen LogP contribution in [0.3, 0.4) is 0 Å². The van der Waals surface area contributed by atoms with Crippen LogP contribution in [-0.2, 0) is 20.0 Å². The first-order valence-corrected chi connectivity index (χ1v) is 11.2. The van der Waals surface area contributed by atoms with E-state index >= 15 is 0 Å². The molecule has 2 aliphatic carbocycles. The van der Waals surface area contributed by atoms with E-state index in [9.17, 15) is 4.39 Å². The normalized spacial score (nSPS) is 21.4. The van der Waals surface area contributed by atoms with Crippen LogP contribution < -0.4 is 10.6 Å². The maximum Gasteiger partial charge on any atom is 0.223 e. The van der Waals surface area contributed by atoms with E-state index in [4.69, 9.17) is 0 Å². The van der Waals surface area contributed by atoms with E-state index in [1.165, 1.54) is 24.6 Å². The number of halogens is 1. The minimum atomic E-state index is -0.400. The molecule has 8 nitrogen and oxygen atoms in total. The molecule has 0 spiro atoms. The topological polar surface area (TPSA) is 96.3 Å². The van der Waals surface area contributed by atoms with E-state index < -0.39 is 5.82 Å². The molecule has 0 saturated heterocycles. The number of H-pyrrole nitrogens is 1. The predicted molar refractivity (Wildman–Crippen MR) is 116 cm³/mol. The number of hydrogen-bond acceptors (Lipinski definition) is 6. The summed E-state index contributed by atoms with van der Waals surface area (Å²) in [7, 11) is 1.92. The molecular weight excluding hydrogens is 395 g/mol. The van der Waals surface area contributed by atoms with E-state index in [0.717, 1.165) is 49.9 Å². The minimum Gasteiger partial charge on any atom is -0.351 e. The van der Waals surface area contributed by atoms with E-state index in [2.05, 4.69) is 35.9 Å². The summed E-state index contributed by atoms with van der Waals surface area (Å²) in [6, 6.07) is 0.795. The van der Waals surface area contributed by atoms with Gasteiger partial charge in [0, 0.05) is 48.7 Å². The van der Waals surface area contributed by atoms with Crippen LogP contribution in [0, 0.1) is 11.7 Å². The highest BCUT2D eigenvalue weighted by Gasteiger charge is 2.27. The summed E-state index contributed by atoms with van der Waals surface area (Å²) in [5.74, 6) is 0.782.